The first-order chi connectivity index (χ1) is 17.0. The zero-order valence-corrected chi connectivity index (χ0v) is 19.1. The summed E-state index contributed by atoms with van der Waals surface area (Å²) in [5.41, 5.74) is 2.99. The molecule has 0 atom stereocenters. The van der Waals surface area contributed by atoms with Crippen LogP contribution in [0.1, 0.15) is 28.5 Å². The smallest absolute Gasteiger partial charge is 0.340 e. The second kappa shape index (κ2) is 10.4. The number of para-hydroxylation sites is 2. The molecule has 0 amide bonds. The Morgan fingerprint density at radius 2 is 1.86 bits per heavy atom. The number of hydrogen-bond acceptors (Lipinski definition) is 7. The molecule has 35 heavy (non-hydrogen) atoms. The number of benzene rings is 2. The zero-order chi connectivity index (χ0) is 24.8. The van der Waals surface area contributed by atoms with Gasteiger partial charge in [0, 0.05) is 23.4 Å². The lowest BCUT2D eigenvalue weighted by Crippen LogP contribution is -2.08. The van der Waals surface area contributed by atoms with Crippen molar-refractivity contribution in [3.63, 3.8) is 0 Å². The number of nitro groups is 1. The molecule has 0 fully saturated rings. The molecular formula is C26H22N4O5. The van der Waals surface area contributed by atoms with E-state index in [0.717, 1.165) is 23.0 Å². The standard InChI is InChI=1S/C26H22N4O5/c1-3-35-26(31)22-15-20(30(32)33)16-27-23(22)14-13-18-17-29(19-9-5-4-6-10-19)28-25(18)21-11-7-8-12-24(21)34-2/h4-17H,3H2,1-2H3/b14-13+. The number of hydrogen-bond donors (Lipinski definition) is 0. The summed E-state index contributed by atoms with van der Waals surface area (Å²) in [5.74, 6) is -0.0329. The van der Waals surface area contributed by atoms with Crippen LogP contribution >= 0.6 is 0 Å². The Morgan fingerprint density at radius 1 is 1.11 bits per heavy atom. The average Bonchev–Trinajstić information content (AvgIpc) is 3.32. The van der Waals surface area contributed by atoms with Crippen LogP contribution in [0.3, 0.4) is 0 Å². The van der Waals surface area contributed by atoms with Gasteiger partial charge in [-0.2, -0.15) is 5.10 Å². The second-order valence-electron chi connectivity index (χ2n) is 7.35. The first-order valence-electron chi connectivity index (χ1n) is 10.8. The van der Waals surface area contributed by atoms with Crippen LogP contribution in [0.4, 0.5) is 5.69 Å². The summed E-state index contributed by atoms with van der Waals surface area (Å²) in [6, 6.07) is 18.3. The number of carbonyl (C=O) groups is 1. The van der Waals surface area contributed by atoms with Crippen LogP contribution in [0.25, 0.3) is 29.1 Å². The molecule has 2 aromatic heterocycles. The summed E-state index contributed by atoms with van der Waals surface area (Å²) in [4.78, 5) is 27.2. The molecule has 0 spiro atoms. The Labute approximate surface area is 201 Å². The van der Waals surface area contributed by atoms with E-state index in [9.17, 15) is 14.9 Å². The molecule has 0 N–H and O–H groups in total. The molecule has 4 rings (SSSR count). The topological polar surface area (TPSA) is 109 Å². The average molecular weight is 470 g/mol. The van der Waals surface area contributed by atoms with Gasteiger partial charge in [-0.3, -0.25) is 10.1 Å². The minimum atomic E-state index is -0.687. The number of nitrogens with zero attached hydrogens (tertiary/aromatic N) is 4. The van der Waals surface area contributed by atoms with Gasteiger partial charge < -0.3 is 9.47 Å². The fourth-order valence-electron chi connectivity index (χ4n) is 3.51. The van der Waals surface area contributed by atoms with E-state index >= 15 is 0 Å². The van der Waals surface area contributed by atoms with Crippen LogP contribution in [-0.2, 0) is 4.74 Å². The first kappa shape index (κ1) is 23.4. The van der Waals surface area contributed by atoms with E-state index in [4.69, 9.17) is 14.6 Å². The molecule has 2 aromatic carbocycles. The number of esters is 1. The Morgan fingerprint density at radius 3 is 2.57 bits per heavy atom. The Hall–Kier alpha value is -4.79. The Bertz CT molecular complexity index is 1400. The number of methoxy groups -OCH3 is 1. The maximum absolute atomic E-state index is 12.5. The molecule has 9 heteroatoms. The van der Waals surface area contributed by atoms with Crippen LogP contribution in [0.2, 0.25) is 0 Å². The Balaban J connectivity index is 1.83. The Kier molecular flexibility index (Phi) is 6.96. The van der Waals surface area contributed by atoms with E-state index in [2.05, 4.69) is 4.98 Å². The van der Waals surface area contributed by atoms with E-state index in [-0.39, 0.29) is 23.6 Å². The zero-order valence-electron chi connectivity index (χ0n) is 19.1. The fraction of sp³-hybridized carbons (Fsp3) is 0.115. The molecule has 0 aliphatic carbocycles. The highest BCUT2D eigenvalue weighted by atomic mass is 16.6. The normalized spacial score (nSPS) is 10.9. The van der Waals surface area contributed by atoms with E-state index < -0.39 is 10.9 Å². The van der Waals surface area contributed by atoms with Gasteiger partial charge >= 0.3 is 5.97 Å². The van der Waals surface area contributed by atoms with Crippen LogP contribution in [0, 0.1) is 10.1 Å². The lowest BCUT2D eigenvalue weighted by molar-refractivity contribution is -0.385. The molecule has 4 aromatic rings. The lowest BCUT2D eigenvalue weighted by atomic mass is 10.1. The molecule has 0 radical (unpaired) electrons. The highest BCUT2D eigenvalue weighted by molar-refractivity contribution is 5.95. The van der Waals surface area contributed by atoms with Crippen molar-refractivity contribution < 1.29 is 19.2 Å². The first-order valence-corrected chi connectivity index (χ1v) is 10.8. The van der Waals surface area contributed by atoms with Crippen molar-refractivity contribution in [2.45, 2.75) is 6.92 Å². The molecule has 0 saturated carbocycles. The third-order valence-corrected chi connectivity index (χ3v) is 5.16. The highest BCUT2D eigenvalue weighted by Gasteiger charge is 2.19. The van der Waals surface area contributed by atoms with E-state index in [1.165, 1.54) is 6.07 Å². The maximum atomic E-state index is 12.5. The van der Waals surface area contributed by atoms with Gasteiger partial charge in [-0.25, -0.2) is 14.5 Å². The summed E-state index contributed by atoms with van der Waals surface area (Å²) in [7, 11) is 1.59. The summed E-state index contributed by atoms with van der Waals surface area (Å²) in [6.07, 6.45) is 6.33. The molecule has 176 valence electrons. The van der Waals surface area contributed by atoms with E-state index in [1.54, 1.807) is 30.9 Å². The predicted octanol–water partition coefficient (Wildman–Crippen LogP) is 5.20. The van der Waals surface area contributed by atoms with Crippen LogP contribution in [-0.4, -0.2) is 39.4 Å². The van der Waals surface area contributed by atoms with Crippen molar-refractivity contribution in [3.05, 3.63) is 100.0 Å². The van der Waals surface area contributed by atoms with Crippen molar-refractivity contribution in [2.75, 3.05) is 13.7 Å². The third-order valence-electron chi connectivity index (χ3n) is 5.16. The number of pyridine rings is 1. The van der Waals surface area contributed by atoms with E-state index in [1.807, 2.05) is 60.8 Å². The number of ether oxygens (including phenoxy) is 2. The lowest BCUT2D eigenvalue weighted by Gasteiger charge is -2.07. The molecule has 0 unspecified atom stereocenters. The minimum absolute atomic E-state index is 0.00610. The van der Waals surface area contributed by atoms with Crippen molar-refractivity contribution in [1.29, 1.82) is 0 Å². The molecule has 0 aliphatic heterocycles. The van der Waals surface area contributed by atoms with Crippen molar-refractivity contribution in [2.24, 2.45) is 0 Å². The number of carbonyl (C=O) groups excluding carboxylic acids is 1. The molecule has 0 bridgehead atoms. The van der Waals surface area contributed by atoms with E-state index in [0.29, 0.717) is 11.4 Å². The summed E-state index contributed by atoms with van der Waals surface area (Å²) in [5, 5.41) is 16.0. The largest absolute Gasteiger partial charge is 0.496 e. The van der Waals surface area contributed by atoms with Gasteiger partial charge in [-0.15, -0.1) is 0 Å². The SMILES string of the molecule is CCOC(=O)c1cc([N+](=O)[O-])cnc1/C=C/c1cn(-c2ccccc2)nc1-c1ccccc1OC. The summed E-state index contributed by atoms with van der Waals surface area (Å²) < 4.78 is 12.4. The molecular weight excluding hydrogens is 448 g/mol. The molecule has 0 saturated heterocycles. The predicted molar refractivity (Wildman–Crippen MR) is 131 cm³/mol. The van der Waals surface area contributed by atoms with Gasteiger partial charge in [0.2, 0.25) is 0 Å². The van der Waals surface area contributed by atoms with Crippen molar-refractivity contribution in [3.8, 4) is 22.7 Å². The summed E-state index contributed by atoms with van der Waals surface area (Å²) in [6.45, 7) is 1.79. The van der Waals surface area contributed by atoms with Crippen LogP contribution in [0.15, 0.2) is 73.1 Å². The van der Waals surface area contributed by atoms with Crippen LogP contribution in [0.5, 0.6) is 5.75 Å². The minimum Gasteiger partial charge on any atom is -0.496 e. The van der Waals surface area contributed by atoms with Gasteiger partial charge in [-0.1, -0.05) is 30.3 Å². The second-order valence-corrected chi connectivity index (χ2v) is 7.35. The fourth-order valence-corrected chi connectivity index (χ4v) is 3.51. The molecule has 2 heterocycles. The van der Waals surface area contributed by atoms with Gasteiger partial charge in [0.1, 0.15) is 17.6 Å². The highest BCUT2D eigenvalue weighted by Crippen LogP contribution is 2.33. The maximum Gasteiger partial charge on any atom is 0.340 e. The third kappa shape index (κ3) is 5.09. The van der Waals surface area contributed by atoms with Crippen molar-refractivity contribution in [1.82, 2.24) is 14.8 Å². The molecule has 9 nitrogen and oxygen atoms in total. The quantitative estimate of drug-likeness (QED) is 0.198. The number of aromatic nitrogens is 3. The van der Waals surface area contributed by atoms with Crippen LogP contribution < -0.4 is 4.74 Å². The number of rotatable bonds is 8. The summed E-state index contributed by atoms with van der Waals surface area (Å²) >= 11 is 0. The van der Waals surface area contributed by atoms with Crippen molar-refractivity contribution >= 4 is 23.8 Å². The monoisotopic (exact) mass is 470 g/mol. The van der Waals surface area contributed by atoms with Gasteiger partial charge in [-0.05, 0) is 43.3 Å². The van der Waals surface area contributed by atoms with Gasteiger partial charge in [0.15, 0.2) is 0 Å². The molecule has 0 aliphatic rings. The van der Waals surface area contributed by atoms with Gasteiger partial charge in [0.25, 0.3) is 5.69 Å². The van der Waals surface area contributed by atoms with Gasteiger partial charge in [0.05, 0.1) is 35.6 Å².